The van der Waals surface area contributed by atoms with Gasteiger partial charge in [0.05, 0.1) is 12.1 Å². The van der Waals surface area contributed by atoms with E-state index < -0.39 is 6.04 Å². The predicted octanol–water partition coefficient (Wildman–Crippen LogP) is 1.57. The van der Waals surface area contributed by atoms with Crippen LogP contribution in [0.1, 0.15) is 29.8 Å². The summed E-state index contributed by atoms with van der Waals surface area (Å²) in [6, 6.07) is 11.3. The number of hydrogen-bond acceptors (Lipinski definition) is 3. The number of nitrogens with one attached hydrogen (secondary N) is 2. The Balaban J connectivity index is 1.57. The topological polar surface area (TPSA) is 78.1 Å². The second-order valence-corrected chi connectivity index (χ2v) is 6.23. The van der Waals surface area contributed by atoms with Crippen molar-refractivity contribution in [3.63, 3.8) is 0 Å². The van der Waals surface area contributed by atoms with E-state index in [1.54, 1.807) is 0 Å². The molecule has 1 aliphatic heterocycles. The molecule has 0 aliphatic carbocycles. The Morgan fingerprint density at radius 2 is 2.17 bits per heavy atom. The molecular formula is C18H22N4O2. The Kier molecular flexibility index (Phi) is 4.93. The van der Waals surface area contributed by atoms with Crippen molar-refractivity contribution in [1.29, 1.82) is 0 Å². The summed E-state index contributed by atoms with van der Waals surface area (Å²) in [7, 11) is 0. The van der Waals surface area contributed by atoms with Crippen LogP contribution in [0.5, 0.6) is 0 Å². The summed E-state index contributed by atoms with van der Waals surface area (Å²) in [5.74, 6) is -0.168. The molecular weight excluding hydrogens is 304 g/mol. The Bertz CT molecular complexity index is 711. The molecule has 1 aromatic heterocycles. The van der Waals surface area contributed by atoms with Gasteiger partial charge in [0.15, 0.2) is 0 Å². The fourth-order valence-corrected chi connectivity index (χ4v) is 3.01. The van der Waals surface area contributed by atoms with Crippen molar-refractivity contribution in [2.75, 3.05) is 6.54 Å². The number of carbonyl (C=O) groups excluding carboxylic acids is 2. The van der Waals surface area contributed by atoms with Crippen molar-refractivity contribution in [1.82, 2.24) is 20.4 Å². The number of aryl methyl sites for hydroxylation is 1. The minimum atomic E-state index is -0.435. The molecule has 1 fully saturated rings. The molecule has 0 radical (unpaired) electrons. The van der Waals surface area contributed by atoms with Gasteiger partial charge in [0.2, 0.25) is 11.8 Å². The van der Waals surface area contributed by atoms with E-state index in [2.05, 4.69) is 15.5 Å². The summed E-state index contributed by atoms with van der Waals surface area (Å²) >= 11 is 0. The molecule has 2 N–H and O–H groups in total. The molecule has 3 rings (SSSR count). The highest BCUT2D eigenvalue weighted by Crippen LogP contribution is 2.15. The average Bonchev–Trinajstić information content (AvgIpc) is 2.97. The van der Waals surface area contributed by atoms with Crippen LogP contribution >= 0.6 is 0 Å². The van der Waals surface area contributed by atoms with Crippen LogP contribution in [-0.4, -0.2) is 39.5 Å². The lowest BCUT2D eigenvalue weighted by Crippen LogP contribution is -2.52. The zero-order valence-corrected chi connectivity index (χ0v) is 13.8. The molecule has 0 bridgehead atoms. The molecule has 1 aliphatic rings. The summed E-state index contributed by atoms with van der Waals surface area (Å²) in [5, 5.41) is 9.73. The van der Waals surface area contributed by atoms with Crippen LogP contribution in [0.15, 0.2) is 36.4 Å². The zero-order valence-electron chi connectivity index (χ0n) is 13.8. The van der Waals surface area contributed by atoms with Crippen LogP contribution in [0.25, 0.3) is 0 Å². The molecule has 1 atom stereocenters. The van der Waals surface area contributed by atoms with Crippen molar-refractivity contribution in [3.8, 4) is 0 Å². The van der Waals surface area contributed by atoms with E-state index in [1.807, 2.05) is 48.2 Å². The largest absolute Gasteiger partial charge is 0.344 e. The lowest BCUT2D eigenvalue weighted by molar-refractivity contribution is -0.139. The normalized spacial score (nSPS) is 17.8. The summed E-state index contributed by atoms with van der Waals surface area (Å²) in [6.07, 6.45) is 1.77. The monoisotopic (exact) mass is 326 g/mol. The first-order valence-corrected chi connectivity index (χ1v) is 8.25. The summed E-state index contributed by atoms with van der Waals surface area (Å²) < 4.78 is 0. The fourth-order valence-electron chi connectivity index (χ4n) is 3.01. The maximum atomic E-state index is 12.6. The molecule has 0 unspecified atom stereocenters. The number of likely N-dealkylation sites (tertiary alicyclic amines) is 1. The standard InChI is InChI=1S/C18H22N4O2/c1-13-10-15(21-20-13)11-17(23)19-16-8-5-9-22(18(16)24)12-14-6-3-2-4-7-14/h2-4,6-7,10,16H,5,8-9,11-12H2,1H3,(H,19,23)(H,20,21)/t16-/m1/s1. The molecule has 1 aromatic carbocycles. The summed E-state index contributed by atoms with van der Waals surface area (Å²) in [6.45, 7) is 3.21. The van der Waals surface area contributed by atoms with Crippen LogP contribution in [-0.2, 0) is 22.6 Å². The van der Waals surface area contributed by atoms with E-state index in [4.69, 9.17) is 0 Å². The van der Waals surface area contributed by atoms with Crippen molar-refractivity contribution in [2.24, 2.45) is 0 Å². The first kappa shape index (κ1) is 16.2. The number of piperidine rings is 1. The number of rotatable bonds is 5. The lowest BCUT2D eigenvalue weighted by Gasteiger charge is -2.32. The Hall–Kier alpha value is -2.63. The highest BCUT2D eigenvalue weighted by atomic mass is 16.2. The van der Waals surface area contributed by atoms with Gasteiger partial charge in [-0.15, -0.1) is 0 Å². The van der Waals surface area contributed by atoms with Crippen LogP contribution < -0.4 is 5.32 Å². The number of benzene rings is 1. The first-order valence-electron chi connectivity index (χ1n) is 8.25. The third kappa shape index (κ3) is 4.01. The van der Waals surface area contributed by atoms with Gasteiger partial charge in [-0.05, 0) is 31.4 Å². The molecule has 6 heteroatoms. The van der Waals surface area contributed by atoms with Crippen LogP contribution in [0.2, 0.25) is 0 Å². The number of carbonyl (C=O) groups is 2. The lowest BCUT2D eigenvalue weighted by atomic mass is 10.0. The van der Waals surface area contributed by atoms with Gasteiger partial charge in [-0.2, -0.15) is 5.10 Å². The maximum absolute atomic E-state index is 12.6. The molecule has 24 heavy (non-hydrogen) atoms. The molecule has 0 spiro atoms. The SMILES string of the molecule is Cc1cc(CC(=O)N[C@@H]2CCCN(Cc3ccccc3)C2=O)n[nH]1. The molecule has 1 saturated heterocycles. The summed E-state index contributed by atoms with van der Waals surface area (Å²) in [5.41, 5.74) is 2.71. The van der Waals surface area contributed by atoms with E-state index in [9.17, 15) is 9.59 Å². The Morgan fingerprint density at radius 3 is 2.88 bits per heavy atom. The Morgan fingerprint density at radius 1 is 1.38 bits per heavy atom. The van der Waals surface area contributed by atoms with E-state index in [0.29, 0.717) is 18.7 Å². The predicted molar refractivity (Wildman–Crippen MR) is 90.1 cm³/mol. The third-order valence-electron chi connectivity index (χ3n) is 4.18. The number of H-pyrrole nitrogens is 1. The van der Waals surface area contributed by atoms with Crippen molar-refractivity contribution in [2.45, 2.75) is 38.8 Å². The van der Waals surface area contributed by atoms with Gasteiger partial charge >= 0.3 is 0 Å². The maximum Gasteiger partial charge on any atom is 0.245 e. The van der Waals surface area contributed by atoms with Gasteiger partial charge in [0, 0.05) is 18.8 Å². The number of nitrogens with zero attached hydrogens (tertiary/aromatic N) is 2. The van der Waals surface area contributed by atoms with E-state index in [0.717, 1.165) is 24.2 Å². The number of aromatic nitrogens is 2. The Labute approximate surface area is 141 Å². The second-order valence-electron chi connectivity index (χ2n) is 6.23. The van der Waals surface area contributed by atoms with Gasteiger partial charge in [-0.3, -0.25) is 14.7 Å². The second kappa shape index (κ2) is 7.29. The highest BCUT2D eigenvalue weighted by molar-refractivity contribution is 5.88. The van der Waals surface area contributed by atoms with Gasteiger partial charge < -0.3 is 10.2 Å². The van der Waals surface area contributed by atoms with Crippen LogP contribution in [0, 0.1) is 6.92 Å². The minimum Gasteiger partial charge on any atom is -0.344 e. The fraction of sp³-hybridized carbons (Fsp3) is 0.389. The quantitative estimate of drug-likeness (QED) is 0.875. The van der Waals surface area contributed by atoms with E-state index in [-0.39, 0.29) is 18.2 Å². The number of aromatic amines is 1. The van der Waals surface area contributed by atoms with Gasteiger partial charge in [-0.1, -0.05) is 30.3 Å². The van der Waals surface area contributed by atoms with Gasteiger partial charge in [0.25, 0.3) is 0 Å². The van der Waals surface area contributed by atoms with E-state index >= 15 is 0 Å². The molecule has 2 amide bonds. The zero-order chi connectivity index (χ0) is 16.9. The third-order valence-corrected chi connectivity index (χ3v) is 4.18. The molecule has 2 aromatic rings. The van der Waals surface area contributed by atoms with Crippen molar-refractivity contribution < 1.29 is 9.59 Å². The van der Waals surface area contributed by atoms with E-state index in [1.165, 1.54) is 0 Å². The number of amides is 2. The smallest absolute Gasteiger partial charge is 0.245 e. The molecule has 6 nitrogen and oxygen atoms in total. The van der Waals surface area contributed by atoms with Crippen molar-refractivity contribution in [3.05, 3.63) is 53.3 Å². The van der Waals surface area contributed by atoms with Crippen LogP contribution in [0.4, 0.5) is 0 Å². The highest BCUT2D eigenvalue weighted by Gasteiger charge is 2.29. The minimum absolute atomic E-state index is 0.00309. The van der Waals surface area contributed by atoms with Crippen molar-refractivity contribution >= 4 is 11.8 Å². The molecule has 0 saturated carbocycles. The van der Waals surface area contributed by atoms with Gasteiger partial charge in [0.1, 0.15) is 6.04 Å². The first-order chi connectivity index (χ1) is 11.6. The summed E-state index contributed by atoms with van der Waals surface area (Å²) in [4.78, 5) is 26.6. The van der Waals surface area contributed by atoms with Gasteiger partial charge in [-0.25, -0.2) is 0 Å². The van der Waals surface area contributed by atoms with Crippen LogP contribution in [0.3, 0.4) is 0 Å². The molecule has 2 heterocycles. The molecule has 126 valence electrons. The average molecular weight is 326 g/mol. The number of hydrogen-bond donors (Lipinski definition) is 2.